The van der Waals surface area contributed by atoms with E-state index >= 15 is 4.79 Å². The van der Waals surface area contributed by atoms with Gasteiger partial charge in [-0.05, 0) is 84.5 Å². The van der Waals surface area contributed by atoms with Crippen molar-refractivity contribution in [3.05, 3.63) is 108 Å². The zero-order chi connectivity index (χ0) is 39.4. The summed E-state index contributed by atoms with van der Waals surface area (Å²) in [6.45, 7) is 7.55. The lowest BCUT2D eigenvalue weighted by Gasteiger charge is -2.37. The van der Waals surface area contributed by atoms with E-state index in [1.54, 1.807) is 24.0 Å². The number of aliphatic hydroxyl groups excluding tert-OH is 1. The zero-order valence-electron chi connectivity index (χ0n) is 32.9. The molecule has 2 fully saturated rings. The molecule has 4 aliphatic rings. The Hall–Kier alpha value is -4.97. The molecule has 1 spiro atoms. The van der Waals surface area contributed by atoms with E-state index < -0.39 is 19.8 Å². The summed E-state index contributed by atoms with van der Waals surface area (Å²) in [4.78, 5) is 48.0. The lowest BCUT2D eigenvalue weighted by molar-refractivity contribution is -0.150. The molecule has 3 amide bonds. The summed E-state index contributed by atoms with van der Waals surface area (Å²) in [5, 5.41) is 11.3. The van der Waals surface area contributed by atoms with Crippen LogP contribution in [0.15, 0.2) is 91.0 Å². The number of methoxy groups -OCH3 is 2. The Kier molecular flexibility index (Phi) is 10.0. The molecule has 0 saturated carbocycles. The van der Waals surface area contributed by atoms with Crippen LogP contribution in [-0.4, -0.2) is 75.3 Å². The SMILES string of the molecule is COc1ccc([Si](C)(C)[C@H]2[C@H](CC(=O)N3CCC[C@H]3CO)O[C@@]3(C(=O)N(Cc4ccc(N5C(=O)CCc6ccccc65)cc4)c4ccc(OC)cc43)[C@@H]2C)cc1. The van der Waals surface area contributed by atoms with Gasteiger partial charge in [0.2, 0.25) is 11.8 Å². The van der Waals surface area contributed by atoms with Gasteiger partial charge in [0, 0.05) is 30.1 Å². The molecule has 4 aromatic carbocycles. The molecule has 5 atom stereocenters. The van der Waals surface area contributed by atoms with Crippen molar-refractivity contribution in [2.24, 2.45) is 5.92 Å². The average molecular weight is 774 g/mol. The monoisotopic (exact) mass is 773 g/mol. The summed E-state index contributed by atoms with van der Waals surface area (Å²) in [5.41, 5.74) is 3.76. The highest BCUT2D eigenvalue weighted by molar-refractivity contribution is 6.91. The minimum atomic E-state index is -2.49. The Bertz CT molecular complexity index is 2140. The number of hydrogen-bond acceptors (Lipinski definition) is 7. The maximum Gasteiger partial charge on any atom is 0.264 e. The Morgan fingerprint density at radius 1 is 0.911 bits per heavy atom. The number of fused-ring (bicyclic) bond motifs is 3. The molecule has 10 nitrogen and oxygen atoms in total. The van der Waals surface area contributed by atoms with Gasteiger partial charge in [-0.2, -0.15) is 0 Å². The fourth-order valence-corrected chi connectivity index (χ4v) is 14.1. The molecule has 4 heterocycles. The lowest BCUT2D eigenvalue weighted by Crippen LogP contribution is -2.52. The van der Waals surface area contributed by atoms with Gasteiger partial charge in [-0.1, -0.05) is 67.7 Å². The molecule has 0 aromatic heterocycles. The quantitative estimate of drug-likeness (QED) is 0.185. The van der Waals surface area contributed by atoms with Gasteiger partial charge >= 0.3 is 0 Å². The number of aryl methyl sites for hydroxylation is 1. The number of para-hydroxylation sites is 1. The largest absolute Gasteiger partial charge is 0.497 e. The molecule has 2 saturated heterocycles. The molecule has 292 valence electrons. The van der Waals surface area contributed by atoms with Gasteiger partial charge in [0.05, 0.1) is 65.4 Å². The minimum Gasteiger partial charge on any atom is -0.497 e. The molecule has 8 rings (SSSR count). The van der Waals surface area contributed by atoms with E-state index in [4.69, 9.17) is 14.2 Å². The predicted molar refractivity (Wildman–Crippen MR) is 219 cm³/mol. The molecule has 0 radical (unpaired) electrons. The Morgan fingerprint density at radius 3 is 2.34 bits per heavy atom. The molecule has 1 N–H and O–H groups in total. The summed E-state index contributed by atoms with van der Waals surface area (Å²) in [5.74, 6) is 0.935. The molecule has 4 aliphatic heterocycles. The molecule has 56 heavy (non-hydrogen) atoms. The summed E-state index contributed by atoms with van der Waals surface area (Å²) in [6.07, 6.45) is 2.37. The topological polar surface area (TPSA) is 109 Å². The minimum absolute atomic E-state index is 0.0524. The first kappa shape index (κ1) is 37.9. The van der Waals surface area contributed by atoms with Crippen LogP contribution in [0.25, 0.3) is 0 Å². The van der Waals surface area contributed by atoms with Crippen LogP contribution in [0.1, 0.15) is 49.3 Å². The van der Waals surface area contributed by atoms with Crippen LogP contribution in [0.2, 0.25) is 18.6 Å². The number of carbonyl (C=O) groups is 3. The molecule has 0 bridgehead atoms. The van der Waals surface area contributed by atoms with Crippen LogP contribution in [0, 0.1) is 5.92 Å². The zero-order valence-corrected chi connectivity index (χ0v) is 33.9. The average Bonchev–Trinajstić information content (AvgIpc) is 3.88. The Labute approximate surface area is 330 Å². The number of hydrogen-bond donors (Lipinski definition) is 1. The second kappa shape index (κ2) is 14.8. The second-order valence-corrected chi connectivity index (χ2v) is 20.9. The first-order chi connectivity index (χ1) is 27.0. The number of ether oxygens (including phenoxy) is 3. The van der Waals surface area contributed by atoms with E-state index in [1.165, 1.54) is 5.19 Å². The number of amides is 3. The van der Waals surface area contributed by atoms with E-state index in [0.717, 1.165) is 58.8 Å². The molecule has 4 aromatic rings. The summed E-state index contributed by atoms with van der Waals surface area (Å²) in [7, 11) is 0.779. The van der Waals surface area contributed by atoms with Crippen molar-refractivity contribution < 1.29 is 33.7 Å². The standard InChI is InChI=1S/C45H51N3O7Si/c1-29-43(56(4,5)36-20-17-34(53-2)18-21-36)40(26-42(51)46-24-8-10-33(46)28-49)55-45(29)37-25-35(54-3)19-22-39(37)47(44(45)52)27-30-12-15-32(16-13-30)48-38-11-7-6-9-31(38)14-23-41(48)50/h6-7,9,11-13,15-22,25,29,33,40,43,49H,8,10,14,23-24,26-28H2,1-5H3/t29-,33+,40+,43-,45+/m1/s1. The van der Waals surface area contributed by atoms with Crippen LogP contribution >= 0.6 is 0 Å². The molecule has 0 unspecified atom stereocenters. The van der Waals surface area contributed by atoms with Crippen LogP contribution in [0.3, 0.4) is 0 Å². The van der Waals surface area contributed by atoms with E-state index in [9.17, 15) is 14.7 Å². The molecule has 0 aliphatic carbocycles. The van der Waals surface area contributed by atoms with Gasteiger partial charge in [-0.3, -0.25) is 19.3 Å². The van der Waals surface area contributed by atoms with Crippen molar-refractivity contribution in [1.29, 1.82) is 0 Å². The van der Waals surface area contributed by atoms with Crippen molar-refractivity contribution >= 4 is 48.0 Å². The summed E-state index contributed by atoms with van der Waals surface area (Å²) in [6, 6.07) is 29.6. The van der Waals surface area contributed by atoms with Crippen molar-refractivity contribution in [3.8, 4) is 11.5 Å². The van der Waals surface area contributed by atoms with E-state index in [0.29, 0.717) is 25.3 Å². The van der Waals surface area contributed by atoms with Gasteiger partial charge in [0.25, 0.3) is 5.91 Å². The highest BCUT2D eigenvalue weighted by Crippen LogP contribution is 2.60. The van der Waals surface area contributed by atoms with Crippen LogP contribution in [0.4, 0.5) is 17.1 Å². The highest BCUT2D eigenvalue weighted by atomic mass is 28.3. The van der Waals surface area contributed by atoms with Crippen LogP contribution < -0.4 is 24.5 Å². The fourth-order valence-electron chi connectivity index (χ4n) is 10.1. The smallest absolute Gasteiger partial charge is 0.264 e. The summed E-state index contributed by atoms with van der Waals surface area (Å²) < 4.78 is 18.5. The van der Waals surface area contributed by atoms with E-state index in [-0.39, 0.29) is 48.3 Å². The van der Waals surface area contributed by atoms with Gasteiger partial charge < -0.3 is 29.1 Å². The number of rotatable bonds is 10. The van der Waals surface area contributed by atoms with Gasteiger partial charge in [-0.25, -0.2) is 0 Å². The van der Waals surface area contributed by atoms with Gasteiger partial charge in [0.15, 0.2) is 5.60 Å². The van der Waals surface area contributed by atoms with Crippen molar-refractivity contribution in [2.45, 2.75) is 82.0 Å². The fraction of sp³-hybridized carbons (Fsp3) is 0.400. The third kappa shape index (κ3) is 6.20. The maximum absolute atomic E-state index is 15.4. The van der Waals surface area contributed by atoms with Crippen molar-refractivity contribution in [3.63, 3.8) is 0 Å². The third-order valence-corrected chi connectivity index (χ3v) is 17.3. The first-order valence-corrected chi connectivity index (χ1v) is 22.8. The van der Waals surface area contributed by atoms with Crippen LogP contribution in [0.5, 0.6) is 11.5 Å². The van der Waals surface area contributed by atoms with Gasteiger partial charge in [0.1, 0.15) is 11.5 Å². The molecular formula is C45H51N3O7Si. The van der Waals surface area contributed by atoms with Crippen molar-refractivity contribution in [1.82, 2.24) is 4.90 Å². The van der Waals surface area contributed by atoms with Gasteiger partial charge in [-0.15, -0.1) is 0 Å². The highest BCUT2D eigenvalue weighted by Gasteiger charge is 2.66. The molecule has 11 heteroatoms. The molecular weight excluding hydrogens is 723 g/mol. The lowest BCUT2D eigenvalue weighted by atomic mass is 9.82. The third-order valence-electron chi connectivity index (χ3n) is 13.0. The van der Waals surface area contributed by atoms with E-state index in [2.05, 4.69) is 38.2 Å². The Balaban J connectivity index is 1.16. The number of aliphatic hydroxyl groups is 1. The number of likely N-dealkylation sites (tertiary alicyclic amines) is 1. The predicted octanol–water partition coefficient (Wildman–Crippen LogP) is 6.45. The number of nitrogens with zero attached hydrogens (tertiary/aromatic N) is 3. The first-order valence-electron chi connectivity index (χ1n) is 19.7. The van der Waals surface area contributed by atoms with E-state index in [1.807, 2.05) is 77.7 Å². The Morgan fingerprint density at radius 2 is 1.62 bits per heavy atom. The summed E-state index contributed by atoms with van der Waals surface area (Å²) >= 11 is 0. The van der Waals surface area contributed by atoms with Crippen LogP contribution in [-0.2, 0) is 37.7 Å². The maximum atomic E-state index is 15.4. The second-order valence-electron chi connectivity index (χ2n) is 16.2. The number of carbonyl (C=O) groups excluding carboxylic acids is 3. The normalized spacial score (nSPS) is 24.5. The number of benzene rings is 4. The van der Waals surface area contributed by atoms with Crippen molar-refractivity contribution in [2.75, 3.05) is 37.2 Å². The number of anilines is 3.